The predicted octanol–water partition coefficient (Wildman–Crippen LogP) is 3.70. The third kappa shape index (κ3) is 4.52. The maximum atomic E-state index is 14.1. The fourth-order valence-electron chi connectivity index (χ4n) is 5.91. The highest BCUT2D eigenvalue weighted by Gasteiger charge is 2.50. The smallest absolute Gasteiger partial charge is 0.389 e. The first-order valence-corrected chi connectivity index (χ1v) is 13.0. The molecule has 2 N–H and O–H groups in total. The van der Waals surface area contributed by atoms with Crippen LogP contribution in [0.5, 0.6) is 0 Å². The van der Waals surface area contributed by atoms with Crippen LogP contribution in [0.3, 0.4) is 0 Å². The molecule has 0 radical (unpaired) electrons. The highest BCUT2D eigenvalue weighted by atomic mass is 19.4. The molecule has 39 heavy (non-hydrogen) atoms. The minimum absolute atomic E-state index is 0.0198. The molecule has 8 nitrogen and oxygen atoms in total. The summed E-state index contributed by atoms with van der Waals surface area (Å²) in [7, 11) is 3.54. The van der Waals surface area contributed by atoms with Crippen molar-refractivity contribution in [3.05, 3.63) is 76.4 Å². The van der Waals surface area contributed by atoms with Crippen LogP contribution in [0.4, 0.5) is 18.9 Å². The third-order valence-electron chi connectivity index (χ3n) is 8.35. The minimum Gasteiger partial charge on any atom is -0.389 e. The molecule has 11 heteroatoms. The number of carbonyl (C=O) groups is 1. The van der Waals surface area contributed by atoms with E-state index in [1.54, 1.807) is 19.5 Å². The molecule has 206 valence electrons. The summed E-state index contributed by atoms with van der Waals surface area (Å²) in [6.07, 6.45) is -0.219. The van der Waals surface area contributed by atoms with Gasteiger partial charge in [0.1, 0.15) is 12.2 Å². The van der Waals surface area contributed by atoms with E-state index in [-0.39, 0.29) is 30.3 Å². The van der Waals surface area contributed by atoms with Crippen LogP contribution in [0.15, 0.2) is 42.7 Å². The molecule has 2 fully saturated rings. The summed E-state index contributed by atoms with van der Waals surface area (Å²) in [5.41, 5.74) is -0.210. The van der Waals surface area contributed by atoms with E-state index < -0.39 is 28.7 Å². The Kier molecular flexibility index (Phi) is 6.09. The SMILES string of the molecule is COC1CC(c2cccc(N3Cc4c(cc(CNCC5(O)CC5)cc4C(F)(F)F)C3=O)c2)(c2nncn2C)C1. The number of rotatable bonds is 8. The van der Waals surface area contributed by atoms with Crippen molar-refractivity contribution in [2.24, 2.45) is 7.05 Å². The van der Waals surface area contributed by atoms with Gasteiger partial charge in [-0.1, -0.05) is 12.1 Å². The lowest BCUT2D eigenvalue weighted by molar-refractivity contribution is -0.138. The number of carbonyl (C=O) groups excluding carboxylic acids is 1. The Morgan fingerprint density at radius 3 is 2.62 bits per heavy atom. The second-order valence-electron chi connectivity index (χ2n) is 11.1. The second kappa shape index (κ2) is 9.14. The van der Waals surface area contributed by atoms with Crippen molar-refractivity contribution in [1.82, 2.24) is 20.1 Å². The maximum absolute atomic E-state index is 14.1. The van der Waals surface area contributed by atoms with E-state index in [2.05, 4.69) is 15.5 Å². The topological polar surface area (TPSA) is 92.5 Å². The van der Waals surface area contributed by atoms with Crippen LogP contribution in [-0.2, 0) is 36.5 Å². The lowest BCUT2D eigenvalue weighted by Crippen LogP contribution is -2.48. The fourth-order valence-corrected chi connectivity index (χ4v) is 5.91. The summed E-state index contributed by atoms with van der Waals surface area (Å²) in [6, 6.07) is 10.0. The van der Waals surface area contributed by atoms with Crippen LogP contribution >= 0.6 is 0 Å². The predicted molar refractivity (Wildman–Crippen MR) is 136 cm³/mol. The Labute approximate surface area is 223 Å². The standard InChI is InChI=1S/C28H30F3N5O3/c1-35-16-33-34-25(35)27(11-20(12-27)39-2)18-4-3-5-19(10-18)36-14-22-21(24(36)37)8-17(9-23(22)28(29,30)31)13-32-15-26(38)6-7-26/h3-5,8-10,16,20,32,38H,6-7,11-15H2,1-2H3. The molecule has 1 aliphatic heterocycles. The van der Waals surface area contributed by atoms with Gasteiger partial charge in [0, 0.05) is 38.5 Å². The molecule has 1 amide bonds. The van der Waals surface area contributed by atoms with Crippen molar-refractivity contribution >= 4 is 11.6 Å². The average Bonchev–Trinajstić information content (AvgIpc) is 3.29. The Morgan fingerprint density at radius 2 is 1.97 bits per heavy atom. The number of aliphatic hydroxyl groups is 1. The van der Waals surface area contributed by atoms with Gasteiger partial charge in [0.25, 0.3) is 5.91 Å². The summed E-state index contributed by atoms with van der Waals surface area (Å²) >= 11 is 0. The molecule has 0 saturated heterocycles. The van der Waals surface area contributed by atoms with Crippen molar-refractivity contribution in [1.29, 1.82) is 0 Å². The molecule has 3 aliphatic rings. The zero-order valence-electron chi connectivity index (χ0n) is 21.8. The van der Waals surface area contributed by atoms with Gasteiger partial charge in [-0.25, -0.2) is 0 Å². The zero-order valence-corrected chi connectivity index (χ0v) is 21.8. The third-order valence-corrected chi connectivity index (χ3v) is 8.35. The van der Waals surface area contributed by atoms with E-state index in [1.807, 2.05) is 29.8 Å². The largest absolute Gasteiger partial charge is 0.416 e. The van der Waals surface area contributed by atoms with E-state index in [0.717, 1.165) is 17.5 Å². The number of alkyl halides is 3. The summed E-state index contributed by atoms with van der Waals surface area (Å²) < 4.78 is 49.8. The normalized spacial score (nSPS) is 23.6. The maximum Gasteiger partial charge on any atom is 0.416 e. The number of ether oxygens (including phenoxy) is 1. The minimum atomic E-state index is -4.61. The number of nitrogens with zero attached hydrogens (tertiary/aromatic N) is 4. The summed E-state index contributed by atoms with van der Waals surface area (Å²) in [4.78, 5) is 15.0. The highest BCUT2D eigenvalue weighted by Crippen LogP contribution is 2.50. The Bertz CT molecular complexity index is 1430. The number of nitrogens with one attached hydrogen (secondary N) is 1. The van der Waals surface area contributed by atoms with Crippen molar-refractivity contribution in [3.8, 4) is 0 Å². The van der Waals surface area contributed by atoms with Gasteiger partial charge in [-0.2, -0.15) is 13.2 Å². The van der Waals surface area contributed by atoms with E-state index in [4.69, 9.17) is 4.74 Å². The number of benzene rings is 2. The van der Waals surface area contributed by atoms with Crippen LogP contribution in [-0.4, -0.2) is 51.1 Å². The van der Waals surface area contributed by atoms with Crippen molar-refractivity contribution in [3.63, 3.8) is 0 Å². The molecule has 2 heterocycles. The lowest BCUT2D eigenvalue weighted by Gasteiger charge is -2.46. The monoisotopic (exact) mass is 541 g/mol. The van der Waals surface area contributed by atoms with Crippen molar-refractivity contribution in [2.75, 3.05) is 18.6 Å². The number of fused-ring (bicyclic) bond motifs is 1. The number of amides is 1. The average molecular weight is 542 g/mol. The first-order valence-electron chi connectivity index (χ1n) is 13.0. The van der Waals surface area contributed by atoms with Gasteiger partial charge < -0.3 is 24.6 Å². The van der Waals surface area contributed by atoms with Crippen LogP contribution in [0.25, 0.3) is 0 Å². The molecule has 0 spiro atoms. The first kappa shape index (κ1) is 26.0. The molecule has 2 aliphatic carbocycles. The van der Waals surface area contributed by atoms with E-state index in [0.29, 0.717) is 43.5 Å². The van der Waals surface area contributed by atoms with Crippen LogP contribution in [0.2, 0.25) is 0 Å². The van der Waals surface area contributed by atoms with Gasteiger partial charge in [0.2, 0.25) is 0 Å². The summed E-state index contributed by atoms with van der Waals surface area (Å²) in [5, 5.41) is 21.5. The van der Waals surface area contributed by atoms with E-state index in [1.165, 1.54) is 11.0 Å². The Hall–Kier alpha value is -3.28. The number of aryl methyl sites for hydroxylation is 1. The Morgan fingerprint density at radius 1 is 1.21 bits per heavy atom. The highest BCUT2D eigenvalue weighted by molar-refractivity contribution is 6.10. The molecule has 2 saturated carbocycles. The molecular formula is C28H30F3N5O3. The van der Waals surface area contributed by atoms with Gasteiger partial charge in [0.15, 0.2) is 0 Å². The molecular weight excluding hydrogens is 511 g/mol. The van der Waals surface area contributed by atoms with Crippen LogP contribution in [0.1, 0.15) is 64.1 Å². The van der Waals surface area contributed by atoms with Gasteiger partial charge >= 0.3 is 6.18 Å². The quantitative estimate of drug-likeness (QED) is 0.452. The molecule has 0 bridgehead atoms. The number of methoxy groups -OCH3 is 1. The summed E-state index contributed by atoms with van der Waals surface area (Å²) in [6.45, 7) is 0.259. The van der Waals surface area contributed by atoms with E-state index in [9.17, 15) is 23.1 Å². The molecule has 6 rings (SSSR count). The zero-order chi connectivity index (χ0) is 27.6. The first-order chi connectivity index (χ1) is 18.5. The number of aromatic nitrogens is 3. The lowest BCUT2D eigenvalue weighted by atomic mass is 9.62. The van der Waals surface area contributed by atoms with Gasteiger partial charge in [0.05, 0.1) is 29.2 Å². The molecule has 3 aromatic rings. The number of hydrogen-bond donors (Lipinski definition) is 2. The number of hydrogen-bond acceptors (Lipinski definition) is 6. The number of anilines is 1. The Balaban J connectivity index is 1.32. The van der Waals surface area contributed by atoms with Gasteiger partial charge in [-0.3, -0.25) is 4.79 Å². The number of halogens is 3. The van der Waals surface area contributed by atoms with Gasteiger partial charge in [-0.15, -0.1) is 10.2 Å². The van der Waals surface area contributed by atoms with Crippen molar-refractivity contribution < 1.29 is 27.8 Å². The summed E-state index contributed by atoms with van der Waals surface area (Å²) in [5.74, 6) is 0.308. The second-order valence-corrected chi connectivity index (χ2v) is 11.1. The van der Waals surface area contributed by atoms with Crippen LogP contribution < -0.4 is 10.2 Å². The molecule has 0 atom stereocenters. The van der Waals surface area contributed by atoms with Crippen molar-refractivity contribution in [2.45, 2.75) is 62.1 Å². The molecule has 0 unspecified atom stereocenters. The van der Waals surface area contributed by atoms with E-state index >= 15 is 0 Å². The molecule has 1 aromatic heterocycles. The van der Waals surface area contributed by atoms with Gasteiger partial charge in [-0.05, 0) is 66.6 Å². The molecule has 2 aromatic carbocycles. The van der Waals surface area contributed by atoms with Crippen LogP contribution in [0, 0.1) is 0 Å². The fraction of sp³-hybridized carbons (Fsp3) is 0.464.